The van der Waals surface area contributed by atoms with Gasteiger partial charge < -0.3 is 15.7 Å². The average Bonchev–Trinajstić information content (AvgIpc) is 2.54. The standard InChI is InChI=1S/C9H15BrN4O2/c1-2-13(3-4-15)8(16)6-14-5-7(10)9(11)12-14/h5,15H,2-4,6H2,1H3,(H2,11,12). The van der Waals surface area contributed by atoms with Gasteiger partial charge >= 0.3 is 0 Å². The number of halogens is 1. The van der Waals surface area contributed by atoms with Gasteiger partial charge in [-0.05, 0) is 22.9 Å². The minimum atomic E-state index is -0.0912. The SMILES string of the molecule is CCN(CCO)C(=O)Cn1cc(Br)c(N)n1. The van der Waals surface area contributed by atoms with Crippen LogP contribution < -0.4 is 5.73 Å². The Morgan fingerprint density at radius 3 is 2.88 bits per heavy atom. The van der Waals surface area contributed by atoms with E-state index in [4.69, 9.17) is 10.8 Å². The number of aliphatic hydroxyl groups excluding tert-OH is 1. The van der Waals surface area contributed by atoms with Crippen LogP contribution in [0.5, 0.6) is 0 Å². The highest BCUT2D eigenvalue weighted by atomic mass is 79.9. The lowest BCUT2D eigenvalue weighted by atomic mass is 10.4. The molecular weight excluding hydrogens is 276 g/mol. The van der Waals surface area contributed by atoms with Gasteiger partial charge in [0, 0.05) is 19.3 Å². The number of nitrogens with two attached hydrogens (primary N) is 1. The zero-order chi connectivity index (χ0) is 12.1. The van der Waals surface area contributed by atoms with Gasteiger partial charge in [0.1, 0.15) is 6.54 Å². The van der Waals surface area contributed by atoms with Gasteiger partial charge in [-0.3, -0.25) is 9.48 Å². The van der Waals surface area contributed by atoms with Gasteiger partial charge in [0.05, 0.1) is 11.1 Å². The summed E-state index contributed by atoms with van der Waals surface area (Å²) in [6.07, 6.45) is 1.65. The Morgan fingerprint density at radius 2 is 2.44 bits per heavy atom. The topological polar surface area (TPSA) is 84.4 Å². The van der Waals surface area contributed by atoms with E-state index in [9.17, 15) is 4.79 Å². The second-order valence-electron chi connectivity index (χ2n) is 3.26. The molecule has 1 amide bonds. The minimum absolute atomic E-state index is 0.0372. The van der Waals surface area contributed by atoms with E-state index in [1.54, 1.807) is 11.1 Å². The second-order valence-corrected chi connectivity index (χ2v) is 4.11. The van der Waals surface area contributed by atoms with Gasteiger partial charge in [0.15, 0.2) is 5.82 Å². The van der Waals surface area contributed by atoms with Crippen LogP contribution in [0.3, 0.4) is 0 Å². The average molecular weight is 291 g/mol. The molecule has 0 fully saturated rings. The number of rotatable bonds is 5. The Morgan fingerprint density at radius 1 is 1.75 bits per heavy atom. The highest BCUT2D eigenvalue weighted by Gasteiger charge is 2.13. The smallest absolute Gasteiger partial charge is 0.244 e. The predicted octanol–water partition coefficient (Wildman–Crippen LogP) is 0.0686. The van der Waals surface area contributed by atoms with Crippen molar-refractivity contribution in [3.05, 3.63) is 10.7 Å². The second kappa shape index (κ2) is 5.86. The maximum absolute atomic E-state index is 11.8. The van der Waals surface area contributed by atoms with Crippen molar-refractivity contribution in [2.24, 2.45) is 0 Å². The first-order valence-electron chi connectivity index (χ1n) is 4.95. The summed E-state index contributed by atoms with van der Waals surface area (Å²) in [6, 6.07) is 0. The fourth-order valence-corrected chi connectivity index (χ4v) is 1.63. The van der Waals surface area contributed by atoms with Crippen LogP contribution >= 0.6 is 15.9 Å². The summed E-state index contributed by atoms with van der Waals surface area (Å²) in [5.41, 5.74) is 5.54. The molecule has 0 atom stereocenters. The zero-order valence-corrected chi connectivity index (χ0v) is 10.6. The number of aromatic nitrogens is 2. The largest absolute Gasteiger partial charge is 0.395 e. The van der Waals surface area contributed by atoms with Crippen molar-refractivity contribution in [2.75, 3.05) is 25.4 Å². The molecule has 0 bridgehead atoms. The number of amides is 1. The van der Waals surface area contributed by atoms with E-state index >= 15 is 0 Å². The van der Waals surface area contributed by atoms with Crippen LogP contribution in [0.25, 0.3) is 0 Å². The monoisotopic (exact) mass is 290 g/mol. The zero-order valence-electron chi connectivity index (χ0n) is 9.06. The van der Waals surface area contributed by atoms with Crippen molar-refractivity contribution in [1.82, 2.24) is 14.7 Å². The third-order valence-corrected chi connectivity index (χ3v) is 2.76. The van der Waals surface area contributed by atoms with E-state index in [0.29, 0.717) is 23.4 Å². The van der Waals surface area contributed by atoms with E-state index in [-0.39, 0.29) is 19.1 Å². The van der Waals surface area contributed by atoms with E-state index in [2.05, 4.69) is 21.0 Å². The fourth-order valence-electron chi connectivity index (χ4n) is 1.31. The molecule has 3 N–H and O–H groups in total. The molecule has 0 spiro atoms. The van der Waals surface area contributed by atoms with Gasteiger partial charge in [-0.25, -0.2) is 0 Å². The van der Waals surface area contributed by atoms with Crippen LogP contribution in [0, 0.1) is 0 Å². The van der Waals surface area contributed by atoms with Crippen molar-refractivity contribution in [3.8, 4) is 0 Å². The lowest BCUT2D eigenvalue weighted by Crippen LogP contribution is -2.35. The Kier molecular flexibility index (Phi) is 4.75. The number of aliphatic hydroxyl groups is 1. The maximum Gasteiger partial charge on any atom is 0.244 e. The molecule has 90 valence electrons. The fraction of sp³-hybridized carbons (Fsp3) is 0.556. The molecule has 1 rings (SSSR count). The third kappa shape index (κ3) is 3.21. The van der Waals surface area contributed by atoms with Crippen LogP contribution in [-0.4, -0.2) is 45.4 Å². The highest BCUT2D eigenvalue weighted by molar-refractivity contribution is 9.10. The minimum Gasteiger partial charge on any atom is -0.395 e. The molecular formula is C9H15BrN4O2. The maximum atomic E-state index is 11.8. The van der Waals surface area contributed by atoms with Gasteiger partial charge in [0.25, 0.3) is 0 Å². The summed E-state index contributed by atoms with van der Waals surface area (Å²) < 4.78 is 2.15. The van der Waals surface area contributed by atoms with E-state index in [1.807, 2.05) is 6.92 Å². The molecule has 6 nitrogen and oxygen atoms in total. The first-order chi connectivity index (χ1) is 7.58. The highest BCUT2D eigenvalue weighted by Crippen LogP contribution is 2.16. The number of nitrogen functional groups attached to an aromatic ring is 1. The number of carbonyl (C=O) groups is 1. The molecule has 0 saturated heterocycles. The molecule has 7 heteroatoms. The van der Waals surface area contributed by atoms with Gasteiger partial charge in [0.2, 0.25) is 5.91 Å². The lowest BCUT2D eigenvalue weighted by molar-refractivity contribution is -0.132. The van der Waals surface area contributed by atoms with Crippen molar-refractivity contribution in [1.29, 1.82) is 0 Å². The van der Waals surface area contributed by atoms with Crippen LogP contribution in [-0.2, 0) is 11.3 Å². The molecule has 1 aromatic rings. The summed E-state index contributed by atoms with van der Waals surface area (Å²) in [6.45, 7) is 2.86. The number of likely N-dealkylation sites (N-methyl/N-ethyl adjacent to an activating group) is 1. The number of anilines is 1. The first kappa shape index (κ1) is 13.0. The summed E-state index contributed by atoms with van der Waals surface area (Å²) in [4.78, 5) is 13.3. The molecule has 0 saturated carbocycles. The molecule has 0 aliphatic rings. The molecule has 0 aliphatic carbocycles. The summed E-state index contributed by atoms with van der Waals surface area (Å²) in [5, 5.41) is 12.8. The quantitative estimate of drug-likeness (QED) is 0.804. The number of hydrogen-bond acceptors (Lipinski definition) is 4. The predicted molar refractivity (Wildman–Crippen MR) is 63.7 cm³/mol. The number of nitrogens with zero attached hydrogens (tertiary/aromatic N) is 3. The van der Waals surface area contributed by atoms with Crippen molar-refractivity contribution >= 4 is 27.7 Å². The Labute approximate surface area is 102 Å². The molecule has 1 aromatic heterocycles. The number of carbonyl (C=O) groups excluding carboxylic acids is 1. The molecule has 0 aromatic carbocycles. The van der Waals surface area contributed by atoms with Crippen LogP contribution in [0.2, 0.25) is 0 Å². The van der Waals surface area contributed by atoms with Crippen molar-refractivity contribution < 1.29 is 9.90 Å². The summed E-state index contributed by atoms with van der Waals surface area (Å²) in [7, 11) is 0. The van der Waals surface area contributed by atoms with Crippen molar-refractivity contribution in [2.45, 2.75) is 13.5 Å². The Hall–Kier alpha value is -1.08. The van der Waals surface area contributed by atoms with Crippen LogP contribution in [0.15, 0.2) is 10.7 Å². The summed E-state index contributed by atoms with van der Waals surface area (Å²) >= 11 is 3.22. The molecule has 1 heterocycles. The van der Waals surface area contributed by atoms with Crippen molar-refractivity contribution in [3.63, 3.8) is 0 Å². The van der Waals surface area contributed by atoms with Crippen LogP contribution in [0.4, 0.5) is 5.82 Å². The van der Waals surface area contributed by atoms with Gasteiger partial charge in [-0.2, -0.15) is 5.10 Å². The van der Waals surface area contributed by atoms with Gasteiger partial charge in [-0.15, -0.1) is 0 Å². The Balaban J connectivity index is 2.62. The third-order valence-electron chi connectivity index (χ3n) is 2.14. The van der Waals surface area contributed by atoms with E-state index < -0.39 is 0 Å². The lowest BCUT2D eigenvalue weighted by Gasteiger charge is -2.19. The number of hydrogen-bond donors (Lipinski definition) is 2. The van der Waals surface area contributed by atoms with E-state index in [0.717, 1.165) is 0 Å². The molecule has 16 heavy (non-hydrogen) atoms. The summed E-state index contributed by atoms with van der Waals surface area (Å²) in [5.74, 6) is 0.268. The Bertz CT molecular complexity index is 347. The molecule has 0 radical (unpaired) electrons. The molecule has 0 unspecified atom stereocenters. The normalized spacial score (nSPS) is 10.4. The first-order valence-corrected chi connectivity index (χ1v) is 5.74. The van der Waals surface area contributed by atoms with Crippen LogP contribution in [0.1, 0.15) is 6.92 Å². The van der Waals surface area contributed by atoms with Gasteiger partial charge in [-0.1, -0.05) is 0 Å². The molecule has 0 aliphatic heterocycles. The van der Waals surface area contributed by atoms with E-state index in [1.165, 1.54) is 4.68 Å².